The molecule has 1 fully saturated rings. The van der Waals surface area contributed by atoms with Gasteiger partial charge in [-0.15, -0.1) is 0 Å². The first-order valence-corrected chi connectivity index (χ1v) is 6.15. The van der Waals surface area contributed by atoms with E-state index in [1.807, 2.05) is 13.0 Å². The summed E-state index contributed by atoms with van der Waals surface area (Å²) in [4.78, 5) is 23.1. The first-order valence-electron chi connectivity index (χ1n) is 6.15. The van der Waals surface area contributed by atoms with Crippen LogP contribution in [-0.2, 0) is 9.53 Å². The number of benzene rings is 1. The minimum Gasteiger partial charge on any atom is -0.460 e. The van der Waals surface area contributed by atoms with Crippen molar-refractivity contribution in [3.8, 4) is 0 Å². The smallest absolute Gasteiger partial charge is 0.338 e. The van der Waals surface area contributed by atoms with E-state index >= 15 is 0 Å². The highest BCUT2D eigenvalue weighted by atomic mass is 16.5. The van der Waals surface area contributed by atoms with Gasteiger partial charge in [0, 0.05) is 24.9 Å². The van der Waals surface area contributed by atoms with Gasteiger partial charge in [0.05, 0.1) is 5.56 Å². The fourth-order valence-corrected chi connectivity index (χ4v) is 2.16. The first kappa shape index (κ1) is 12.8. The SMILES string of the molecule is CC1CC(=O)CC(COC(=O)c2ccccc2)N1. The van der Waals surface area contributed by atoms with E-state index in [1.54, 1.807) is 24.3 Å². The Morgan fingerprint density at radius 3 is 2.72 bits per heavy atom. The standard InChI is InChI=1S/C14H17NO3/c1-10-7-13(16)8-12(15-10)9-18-14(17)11-5-3-2-4-6-11/h2-6,10,12,15H,7-9H2,1H3. The normalized spacial score (nSPS) is 23.7. The van der Waals surface area contributed by atoms with Crippen LogP contribution in [0, 0.1) is 0 Å². The third kappa shape index (κ3) is 3.40. The van der Waals surface area contributed by atoms with Crippen molar-refractivity contribution >= 4 is 11.8 Å². The molecule has 0 bridgehead atoms. The van der Waals surface area contributed by atoms with Crippen LogP contribution in [0.2, 0.25) is 0 Å². The van der Waals surface area contributed by atoms with Crippen LogP contribution in [0.25, 0.3) is 0 Å². The summed E-state index contributed by atoms with van der Waals surface area (Å²) in [5.74, 6) is -0.120. The third-order valence-electron chi connectivity index (χ3n) is 2.95. The Bertz CT molecular complexity index is 430. The lowest BCUT2D eigenvalue weighted by molar-refractivity contribution is -0.121. The van der Waals surface area contributed by atoms with Gasteiger partial charge in [-0.25, -0.2) is 4.79 Å². The van der Waals surface area contributed by atoms with E-state index in [0.29, 0.717) is 18.4 Å². The minimum atomic E-state index is -0.344. The summed E-state index contributed by atoms with van der Waals surface area (Å²) in [6, 6.07) is 8.96. The number of hydrogen-bond acceptors (Lipinski definition) is 4. The molecule has 4 nitrogen and oxygen atoms in total. The van der Waals surface area contributed by atoms with Crippen LogP contribution in [0.1, 0.15) is 30.1 Å². The molecule has 0 aliphatic carbocycles. The van der Waals surface area contributed by atoms with Crippen molar-refractivity contribution in [2.45, 2.75) is 31.8 Å². The van der Waals surface area contributed by atoms with Gasteiger partial charge in [-0.1, -0.05) is 18.2 Å². The average molecular weight is 247 g/mol. The van der Waals surface area contributed by atoms with Crippen molar-refractivity contribution < 1.29 is 14.3 Å². The van der Waals surface area contributed by atoms with Gasteiger partial charge in [0.2, 0.25) is 0 Å². The second-order valence-corrected chi connectivity index (χ2v) is 4.68. The molecule has 1 heterocycles. The summed E-state index contributed by atoms with van der Waals surface area (Å²) in [5.41, 5.74) is 0.535. The van der Waals surface area contributed by atoms with Crippen LogP contribution < -0.4 is 5.32 Å². The van der Waals surface area contributed by atoms with Crippen LogP contribution >= 0.6 is 0 Å². The van der Waals surface area contributed by atoms with Crippen molar-refractivity contribution in [1.29, 1.82) is 0 Å². The predicted octanol–water partition coefficient (Wildman–Crippen LogP) is 1.55. The second kappa shape index (κ2) is 5.78. The molecule has 96 valence electrons. The summed E-state index contributed by atoms with van der Waals surface area (Å²) in [7, 11) is 0. The first-order chi connectivity index (χ1) is 8.65. The Balaban J connectivity index is 1.84. The zero-order valence-corrected chi connectivity index (χ0v) is 10.4. The van der Waals surface area contributed by atoms with Crippen LogP contribution in [0.15, 0.2) is 30.3 Å². The lowest BCUT2D eigenvalue weighted by Crippen LogP contribution is -2.46. The van der Waals surface area contributed by atoms with Gasteiger partial charge in [-0.05, 0) is 19.1 Å². The highest BCUT2D eigenvalue weighted by Crippen LogP contribution is 2.10. The van der Waals surface area contributed by atoms with E-state index in [0.717, 1.165) is 0 Å². The number of ketones is 1. The maximum atomic E-state index is 11.7. The van der Waals surface area contributed by atoms with Crippen molar-refractivity contribution in [3.63, 3.8) is 0 Å². The molecule has 1 aromatic rings. The molecule has 0 amide bonds. The highest BCUT2D eigenvalue weighted by Gasteiger charge is 2.24. The Labute approximate surface area is 106 Å². The fraction of sp³-hybridized carbons (Fsp3) is 0.429. The van der Waals surface area contributed by atoms with Gasteiger partial charge >= 0.3 is 5.97 Å². The van der Waals surface area contributed by atoms with Crippen molar-refractivity contribution in [2.75, 3.05) is 6.61 Å². The average Bonchev–Trinajstić information content (AvgIpc) is 2.36. The zero-order valence-electron chi connectivity index (χ0n) is 10.4. The molecule has 1 aliphatic rings. The number of piperidine rings is 1. The number of nitrogens with one attached hydrogen (secondary N) is 1. The Morgan fingerprint density at radius 2 is 2.06 bits per heavy atom. The predicted molar refractivity (Wildman–Crippen MR) is 67.4 cm³/mol. The Kier molecular flexibility index (Phi) is 4.10. The maximum absolute atomic E-state index is 11.7. The van der Waals surface area contributed by atoms with Gasteiger partial charge in [0.25, 0.3) is 0 Å². The second-order valence-electron chi connectivity index (χ2n) is 4.68. The molecule has 0 spiro atoms. The van der Waals surface area contributed by atoms with Gasteiger partial charge in [-0.3, -0.25) is 4.79 Å². The van der Waals surface area contributed by atoms with Crippen LogP contribution in [-0.4, -0.2) is 30.4 Å². The summed E-state index contributed by atoms with van der Waals surface area (Å²) in [6.07, 6.45) is 0.996. The zero-order chi connectivity index (χ0) is 13.0. The number of hydrogen-bond donors (Lipinski definition) is 1. The largest absolute Gasteiger partial charge is 0.460 e. The summed E-state index contributed by atoms with van der Waals surface area (Å²) < 4.78 is 5.21. The summed E-state index contributed by atoms with van der Waals surface area (Å²) in [5, 5.41) is 3.26. The third-order valence-corrected chi connectivity index (χ3v) is 2.95. The van der Waals surface area contributed by atoms with Gasteiger partial charge < -0.3 is 10.1 Å². The number of esters is 1. The quantitative estimate of drug-likeness (QED) is 0.823. The van der Waals surface area contributed by atoms with E-state index in [1.165, 1.54) is 0 Å². The van der Waals surface area contributed by atoms with Crippen LogP contribution in [0.3, 0.4) is 0 Å². The van der Waals surface area contributed by atoms with Crippen molar-refractivity contribution in [1.82, 2.24) is 5.32 Å². The lowest BCUT2D eigenvalue weighted by Gasteiger charge is -2.27. The molecule has 1 N–H and O–H groups in total. The molecule has 1 aromatic carbocycles. The molecule has 1 saturated heterocycles. The topological polar surface area (TPSA) is 55.4 Å². The Morgan fingerprint density at radius 1 is 1.33 bits per heavy atom. The molecule has 18 heavy (non-hydrogen) atoms. The van der Waals surface area contributed by atoms with E-state index in [4.69, 9.17) is 4.74 Å². The van der Waals surface area contributed by atoms with Gasteiger partial charge in [0.15, 0.2) is 0 Å². The van der Waals surface area contributed by atoms with Gasteiger partial charge in [0.1, 0.15) is 12.4 Å². The molecule has 2 rings (SSSR count). The molecule has 2 atom stereocenters. The molecular weight excluding hydrogens is 230 g/mol. The molecule has 0 aromatic heterocycles. The molecule has 1 aliphatic heterocycles. The fourth-order valence-electron chi connectivity index (χ4n) is 2.16. The van der Waals surface area contributed by atoms with Crippen molar-refractivity contribution in [3.05, 3.63) is 35.9 Å². The molecular formula is C14H17NO3. The van der Waals surface area contributed by atoms with E-state index in [-0.39, 0.29) is 30.4 Å². The highest BCUT2D eigenvalue weighted by molar-refractivity contribution is 5.89. The monoisotopic (exact) mass is 247 g/mol. The molecule has 0 saturated carbocycles. The van der Waals surface area contributed by atoms with Crippen molar-refractivity contribution in [2.24, 2.45) is 0 Å². The van der Waals surface area contributed by atoms with Crippen LogP contribution in [0.5, 0.6) is 0 Å². The van der Waals surface area contributed by atoms with E-state index in [2.05, 4.69) is 5.32 Å². The molecule has 0 radical (unpaired) electrons. The van der Waals surface area contributed by atoms with Gasteiger partial charge in [-0.2, -0.15) is 0 Å². The number of carbonyl (C=O) groups excluding carboxylic acids is 2. The van der Waals surface area contributed by atoms with E-state index in [9.17, 15) is 9.59 Å². The summed E-state index contributed by atoms with van der Waals surface area (Å²) >= 11 is 0. The number of carbonyl (C=O) groups is 2. The lowest BCUT2D eigenvalue weighted by atomic mass is 9.99. The maximum Gasteiger partial charge on any atom is 0.338 e. The molecule has 4 heteroatoms. The van der Waals surface area contributed by atoms with E-state index < -0.39 is 0 Å². The summed E-state index contributed by atoms with van der Waals surface area (Å²) in [6.45, 7) is 2.20. The minimum absolute atomic E-state index is 0.0612. The Hall–Kier alpha value is -1.68. The van der Waals surface area contributed by atoms with Crippen LogP contribution in [0.4, 0.5) is 0 Å². The molecule has 2 unspecified atom stereocenters. The number of Topliss-reactive ketones (excluding diaryl/α,β-unsaturated/α-hetero) is 1. The number of ether oxygens (including phenoxy) is 1. The number of rotatable bonds is 3.